The fraction of sp³-hybridized carbons (Fsp3) is 0.333. The Balaban J connectivity index is 1.61. The molecule has 2 aromatic rings. The van der Waals surface area contributed by atoms with Crippen molar-refractivity contribution in [1.29, 1.82) is 0 Å². The van der Waals surface area contributed by atoms with Gasteiger partial charge in [0.15, 0.2) is 11.5 Å². The van der Waals surface area contributed by atoms with Crippen LogP contribution in [0.15, 0.2) is 36.4 Å². The van der Waals surface area contributed by atoms with E-state index >= 15 is 0 Å². The maximum atomic E-state index is 12.3. The number of piperidine rings is 1. The van der Waals surface area contributed by atoms with Crippen LogP contribution in [0.25, 0.3) is 0 Å². The molecule has 130 valence electrons. The third-order valence-electron chi connectivity index (χ3n) is 4.03. The third kappa shape index (κ3) is 4.53. The average molecular weight is 339 g/mol. The second kappa shape index (κ2) is 7.74. The summed E-state index contributed by atoms with van der Waals surface area (Å²) in [5.74, 6) is 0.363. The van der Waals surface area contributed by atoms with E-state index in [9.17, 15) is 9.59 Å². The molecule has 2 heterocycles. The molecule has 1 fully saturated rings. The van der Waals surface area contributed by atoms with Crippen molar-refractivity contribution in [2.75, 3.05) is 28.6 Å². The Morgan fingerprint density at radius 1 is 0.880 bits per heavy atom. The molecule has 0 spiro atoms. The molecule has 0 aliphatic carbocycles. The molecule has 0 radical (unpaired) electrons. The van der Waals surface area contributed by atoms with Crippen molar-refractivity contribution >= 4 is 29.0 Å². The summed E-state index contributed by atoms with van der Waals surface area (Å²) in [6, 6.07) is 10.4. The van der Waals surface area contributed by atoms with Crippen LogP contribution in [0.1, 0.15) is 36.7 Å². The maximum absolute atomic E-state index is 12.3. The Labute approximate surface area is 146 Å². The molecule has 1 aromatic carbocycles. The van der Waals surface area contributed by atoms with Gasteiger partial charge in [0.05, 0.1) is 0 Å². The maximum Gasteiger partial charge on any atom is 0.276 e. The highest BCUT2D eigenvalue weighted by molar-refractivity contribution is 6.03. The number of nitrogens with zero attached hydrogens (tertiary/aromatic N) is 3. The van der Waals surface area contributed by atoms with E-state index in [1.54, 1.807) is 30.3 Å². The van der Waals surface area contributed by atoms with Gasteiger partial charge in [-0.15, -0.1) is 10.2 Å². The molecule has 1 aliphatic heterocycles. The number of benzene rings is 1. The van der Waals surface area contributed by atoms with E-state index in [4.69, 9.17) is 0 Å². The van der Waals surface area contributed by atoms with E-state index < -0.39 is 0 Å². The molecule has 7 nitrogen and oxygen atoms in total. The minimum atomic E-state index is -0.315. The molecular formula is C18H21N5O2. The number of amides is 2. The first-order valence-corrected chi connectivity index (χ1v) is 8.39. The first-order chi connectivity index (χ1) is 12.1. The Morgan fingerprint density at radius 2 is 1.52 bits per heavy atom. The quantitative estimate of drug-likeness (QED) is 0.894. The fourth-order valence-electron chi connectivity index (χ4n) is 2.77. The summed E-state index contributed by atoms with van der Waals surface area (Å²) in [6.45, 7) is 3.42. The van der Waals surface area contributed by atoms with Crippen LogP contribution in [0, 0.1) is 0 Å². The van der Waals surface area contributed by atoms with Gasteiger partial charge in [-0.3, -0.25) is 9.59 Å². The summed E-state index contributed by atoms with van der Waals surface area (Å²) < 4.78 is 0. The number of aromatic nitrogens is 2. The Hall–Kier alpha value is -2.96. The van der Waals surface area contributed by atoms with E-state index in [-0.39, 0.29) is 17.5 Å². The summed E-state index contributed by atoms with van der Waals surface area (Å²) in [7, 11) is 0. The van der Waals surface area contributed by atoms with Crippen molar-refractivity contribution in [3.05, 3.63) is 42.1 Å². The van der Waals surface area contributed by atoms with Gasteiger partial charge < -0.3 is 15.5 Å². The van der Waals surface area contributed by atoms with E-state index in [0.717, 1.165) is 18.9 Å². The Morgan fingerprint density at radius 3 is 2.08 bits per heavy atom. The number of nitrogens with one attached hydrogen (secondary N) is 2. The molecule has 2 amide bonds. The van der Waals surface area contributed by atoms with Gasteiger partial charge in [-0.25, -0.2) is 0 Å². The molecular weight excluding hydrogens is 318 g/mol. The second-order valence-electron chi connectivity index (χ2n) is 6.04. The molecule has 0 saturated carbocycles. The SMILES string of the molecule is CC(=O)Nc1ccc(NC(=O)c2ccc(N3CCCCC3)nn2)cc1. The van der Waals surface area contributed by atoms with Crippen LogP contribution in [0.2, 0.25) is 0 Å². The predicted molar refractivity (Wildman–Crippen MR) is 96.8 cm³/mol. The van der Waals surface area contributed by atoms with Crippen molar-refractivity contribution in [2.24, 2.45) is 0 Å². The lowest BCUT2D eigenvalue weighted by Crippen LogP contribution is -2.30. The lowest BCUT2D eigenvalue weighted by molar-refractivity contribution is -0.114. The monoisotopic (exact) mass is 339 g/mol. The van der Waals surface area contributed by atoms with Gasteiger partial charge in [0, 0.05) is 31.4 Å². The number of hydrogen-bond acceptors (Lipinski definition) is 5. The minimum absolute atomic E-state index is 0.138. The average Bonchev–Trinajstić information content (AvgIpc) is 2.64. The smallest absolute Gasteiger partial charge is 0.276 e. The van der Waals surface area contributed by atoms with Gasteiger partial charge in [0.1, 0.15) is 0 Å². The Kier molecular flexibility index (Phi) is 5.23. The van der Waals surface area contributed by atoms with E-state index in [2.05, 4.69) is 25.7 Å². The molecule has 0 atom stereocenters. The summed E-state index contributed by atoms with van der Waals surface area (Å²) in [6.07, 6.45) is 3.59. The van der Waals surface area contributed by atoms with Gasteiger partial charge >= 0.3 is 0 Å². The number of anilines is 3. The van der Waals surface area contributed by atoms with Crippen LogP contribution in [-0.2, 0) is 4.79 Å². The van der Waals surface area contributed by atoms with Crippen LogP contribution >= 0.6 is 0 Å². The summed E-state index contributed by atoms with van der Waals surface area (Å²) in [4.78, 5) is 25.5. The van der Waals surface area contributed by atoms with Crippen LogP contribution < -0.4 is 15.5 Å². The second-order valence-corrected chi connectivity index (χ2v) is 6.04. The predicted octanol–water partition coefficient (Wildman–Crippen LogP) is 2.68. The van der Waals surface area contributed by atoms with Gasteiger partial charge in [0.25, 0.3) is 5.91 Å². The standard InChI is InChI=1S/C18H21N5O2/c1-13(24)19-14-5-7-15(8-6-14)20-18(25)16-9-10-17(22-21-16)23-11-3-2-4-12-23/h5-10H,2-4,11-12H2,1H3,(H,19,24)(H,20,25). The van der Waals surface area contributed by atoms with Gasteiger partial charge in [0.2, 0.25) is 5.91 Å². The van der Waals surface area contributed by atoms with Crippen LogP contribution in [0.3, 0.4) is 0 Å². The molecule has 3 rings (SSSR count). The van der Waals surface area contributed by atoms with Gasteiger partial charge in [-0.05, 0) is 55.7 Å². The molecule has 25 heavy (non-hydrogen) atoms. The Bertz CT molecular complexity index is 737. The zero-order valence-corrected chi connectivity index (χ0v) is 14.2. The van der Waals surface area contributed by atoms with Crippen molar-refractivity contribution < 1.29 is 9.59 Å². The first-order valence-electron chi connectivity index (χ1n) is 8.39. The largest absolute Gasteiger partial charge is 0.355 e. The third-order valence-corrected chi connectivity index (χ3v) is 4.03. The van der Waals surface area contributed by atoms with Crippen LogP contribution in [-0.4, -0.2) is 35.1 Å². The number of rotatable bonds is 4. The lowest BCUT2D eigenvalue weighted by atomic mass is 10.1. The van der Waals surface area contributed by atoms with Crippen molar-refractivity contribution in [1.82, 2.24) is 10.2 Å². The molecule has 2 N–H and O–H groups in total. The van der Waals surface area contributed by atoms with E-state index in [0.29, 0.717) is 11.4 Å². The van der Waals surface area contributed by atoms with Crippen LogP contribution in [0.5, 0.6) is 0 Å². The zero-order valence-electron chi connectivity index (χ0n) is 14.2. The highest BCUT2D eigenvalue weighted by Crippen LogP contribution is 2.17. The lowest BCUT2D eigenvalue weighted by Gasteiger charge is -2.27. The van der Waals surface area contributed by atoms with Crippen molar-refractivity contribution in [2.45, 2.75) is 26.2 Å². The topological polar surface area (TPSA) is 87.2 Å². The highest BCUT2D eigenvalue weighted by Gasteiger charge is 2.14. The number of hydrogen-bond donors (Lipinski definition) is 2. The van der Waals surface area contributed by atoms with Crippen molar-refractivity contribution in [3.63, 3.8) is 0 Å². The normalized spacial score (nSPS) is 14.0. The minimum Gasteiger partial charge on any atom is -0.355 e. The molecule has 7 heteroatoms. The number of carbonyl (C=O) groups excluding carboxylic acids is 2. The van der Waals surface area contributed by atoms with Crippen molar-refractivity contribution in [3.8, 4) is 0 Å². The molecule has 1 aromatic heterocycles. The number of carbonyl (C=O) groups is 2. The molecule has 0 unspecified atom stereocenters. The fourth-order valence-corrected chi connectivity index (χ4v) is 2.77. The van der Waals surface area contributed by atoms with E-state index in [1.165, 1.54) is 26.2 Å². The van der Waals surface area contributed by atoms with E-state index in [1.807, 2.05) is 6.07 Å². The molecule has 1 aliphatic rings. The first kappa shape index (κ1) is 16.9. The van der Waals surface area contributed by atoms with Crippen LogP contribution in [0.4, 0.5) is 17.2 Å². The summed E-state index contributed by atoms with van der Waals surface area (Å²) in [5.41, 5.74) is 1.57. The molecule has 0 bridgehead atoms. The summed E-state index contributed by atoms with van der Waals surface area (Å²) >= 11 is 0. The van der Waals surface area contributed by atoms with Gasteiger partial charge in [-0.1, -0.05) is 0 Å². The molecule has 1 saturated heterocycles. The zero-order chi connectivity index (χ0) is 17.6. The highest BCUT2D eigenvalue weighted by atomic mass is 16.2. The van der Waals surface area contributed by atoms with Gasteiger partial charge in [-0.2, -0.15) is 0 Å². The summed E-state index contributed by atoms with van der Waals surface area (Å²) in [5, 5.41) is 13.7.